The molecule has 1 aliphatic carbocycles. The summed E-state index contributed by atoms with van der Waals surface area (Å²) in [6.45, 7) is 4.41. The van der Waals surface area contributed by atoms with E-state index in [1.54, 1.807) is 0 Å². The van der Waals surface area contributed by atoms with Gasteiger partial charge < -0.3 is 5.73 Å². The number of hydrogen-bond donors (Lipinski definition) is 1. The molecule has 5 nitrogen and oxygen atoms in total. The van der Waals surface area contributed by atoms with Crippen LogP contribution < -0.4 is 5.73 Å². The van der Waals surface area contributed by atoms with E-state index in [1.165, 1.54) is 32.1 Å². The number of anilines is 1. The van der Waals surface area contributed by atoms with Crippen LogP contribution in [0.15, 0.2) is 0 Å². The summed E-state index contributed by atoms with van der Waals surface area (Å²) in [4.78, 5) is 4.58. The van der Waals surface area contributed by atoms with Crippen molar-refractivity contribution in [2.45, 2.75) is 58.4 Å². The molecule has 2 aromatic rings. The van der Waals surface area contributed by atoms with Gasteiger partial charge in [0.15, 0.2) is 5.65 Å². The molecule has 3 rings (SSSR count). The van der Waals surface area contributed by atoms with E-state index < -0.39 is 0 Å². The number of aromatic nitrogens is 4. The summed E-state index contributed by atoms with van der Waals surface area (Å²) in [5.41, 5.74) is 9.34. The van der Waals surface area contributed by atoms with Gasteiger partial charge >= 0.3 is 0 Å². The molecule has 0 aromatic carbocycles. The molecule has 0 unspecified atom stereocenters. The topological polar surface area (TPSA) is 61.7 Å². The molecule has 5 heteroatoms. The number of fused-ring (bicyclic) bond motifs is 1. The molecule has 0 aliphatic heterocycles. The molecule has 2 aromatic heterocycles. The number of hydrogen-bond acceptors (Lipinski definition) is 3. The minimum atomic E-state index is 0.489. The molecule has 1 aliphatic rings. The third-order valence-corrected chi connectivity index (χ3v) is 4.86. The predicted molar refractivity (Wildman–Crippen MR) is 81.6 cm³/mol. The van der Waals surface area contributed by atoms with Crippen molar-refractivity contribution in [3.8, 4) is 0 Å². The largest absolute Gasteiger partial charge is 0.369 e. The van der Waals surface area contributed by atoms with Gasteiger partial charge in [-0.15, -0.1) is 0 Å². The van der Waals surface area contributed by atoms with Crippen LogP contribution in [0.25, 0.3) is 11.2 Å². The Hall–Kier alpha value is -1.52. The van der Waals surface area contributed by atoms with E-state index in [-0.39, 0.29) is 0 Å². The van der Waals surface area contributed by atoms with Gasteiger partial charge in [-0.25, -0.2) is 4.98 Å². The molecule has 2 N–H and O–H groups in total. The van der Waals surface area contributed by atoms with Gasteiger partial charge in [-0.2, -0.15) is 5.10 Å². The summed E-state index contributed by atoms with van der Waals surface area (Å²) < 4.78 is 4.18. The summed E-state index contributed by atoms with van der Waals surface area (Å²) in [6, 6.07) is 0.489. The van der Waals surface area contributed by atoms with Crippen molar-refractivity contribution in [1.29, 1.82) is 0 Å². The number of nitrogens with two attached hydrogens (primary N) is 1. The monoisotopic (exact) mass is 275 g/mol. The maximum Gasteiger partial charge on any atom is 0.202 e. The Morgan fingerprint density at radius 1 is 1.20 bits per heavy atom. The fourth-order valence-corrected chi connectivity index (χ4v) is 3.63. The highest BCUT2D eigenvalue weighted by molar-refractivity contribution is 5.78. The maximum atomic E-state index is 6.20. The second-order valence-corrected chi connectivity index (χ2v) is 6.02. The summed E-state index contributed by atoms with van der Waals surface area (Å²) in [5, 5.41) is 4.57. The molecular weight excluding hydrogens is 250 g/mol. The lowest BCUT2D eigenvalue weighted by Gasteiger charge is -2.29. The fraction of sp³-hybridized carbons (Fsp3) is 0.733. The van der Waals surface area contributed by atoms with Crippen molar-refractivity contribution in [3.63, 3.8) is 0 Å². The number of nitrogen functional groups attached to an aromatic ring is 1. The van der Waals surface area contributed by atoms with Gasteiger partial charge in [0.1, 0.15) is 5.52 Å². The molecular formula is C15H25N5. The van der Waals surface area contributed by atoms with E-state index in [9.17, 15) is 0 Å². The van der Waals surface area contributed by atoms with E-state index in [2.05, 4.69) is 28.5 Å². The van der Waals surface area contributed by atoms with E-state index in [1.807, 2.05) is 11.7 Å². The average Bonchev–Trinajstić information content (AvgIpc) is 2.96. The van der Waals surface area contributed by atoms with E-state index in [0.29, 0.717) is 12.0 Å². The number of imidazole rings is 1. The number of nitrogens with zero attached hydrogens (tertiary/aromatic N) is 4. The van der Waals surface area contributed by atoms with Crippen LogP contribution in [0.2, 0.25) is 0 Å². The van der Waals surface area contributed by atoms with Gasteiger partial charge in [0.25, 0.3) is 0 Å². The molecule has 1 fully saturated rings. The molecule has 0 atom stereocenters. The summed E-state index contributed by atoms with van der Waals surface area (Å²) in [7, 11) is 2.00. The molecule has 0 amide bonds. The van der Waals surface area contributed by atoms with Gasteiger partial charge in [-0.1, -0.05) is 20.3 Å². The molecule has 20 heavy (non-hydrogen) atoms. The molecule has 0 bridgehead atoms. The van der Waals surface area contributed by atoms with Crippen LogP contribution in [0.5, 0.6) is 0 Å². The van der Waals surface area contributed by atoms with Crippen LogP contribution in [-0.4, -0.2) is 19.3 Å². The second-order valence-electron chi connectivity index (χ2n) is 6.02. The standard InChI is InChI=1S/C15H25N5/c1-4-10-6-8-11(9-7-10)20-14-13(17-15(20)16)12(5-2)18-19(14)3/h10-11H,4-9H2,1-3H3,(H2,16,17). The minimum absolute atomic E-state index is 0.489. The van der Waals surface area contributed by atoms with Gasteiger partial charge in [0.2, 0.25) is 5.95 Å². The lowest BCUT2D eigenvalue weighted by Crippen LogP contribution is -2.20. The third kappa shape index (κ3) is 2.00. The Bertz CT molecular complexity index is 601. The van der Waals surface area contributed by atoms with E-state index in [0.717, 1.165) is 29.2 Å². The average molecular weight is 275 g/mol. The molecule has 2 heterocycles. The van der Waals surface area contributed by atoms with Crippen LogP contribution >= 0.6 is 0 Å². The lowest BCUT2D eigenvalue weighted by molar-refractivity contribution is 0.273. The van der Waals surface area contributed by atoms with Gasteiger partial charge in [-0.05, 0) is 38.0 Å². The van der Waals surface area contributed by atoms with E-state index >= 15 is 0 Å². The Kier molecular flexibility index (Phi) is 3.44. The molecule has 0 saturated heterocycles. The molecule has 110 valence electrons. The van der Waals surface area contributed by atoms with Crippen LogP contribution in [0.4, 0.5) is 5.95 Å². The first kappa shape index (κ1) is 13.5. The lowest BCUT2D eigenvalue weighted by atomic mass is 9.84. The van der Waals surface area contributed by atoms with E-state index in [4.69, 9.17) is 5.73 Å². The van der Waals surface area contributed by atoms with Crippen molar-refractivity contribution in [1.82, 2.24) is 19.3 Å². The Balaban J connectivity index is 1.99. The fourth-order valence-electron chi connectivity index (χ4n) is 3.63. The van der Waals surface area contributed by atoms with Crippen LogP contribution in [0.1, 0.15) is 57.7 Å². The maximum absolute atomic E-state index is 6.20. The van der Waals surface area contributed by atoms with Crippen molar-refractivity contribution in [3.05, 3.63) is 5.69 Å². The zero-order chi connectivity index (χ0) is 14.3. The summed E-state index contributed by atoms with van der Waals surface area (Å²) in [5.74, 6) is 1.55. The second kappa shape index (κ2) is 5.11. The first-order valence-corrected chi connectivity index (χ1v) is 7.84. The van der Waals surface area contributed by atoms with Gasteiger partial charge in [-0.3, -0.25) is 9.25 Å². The highest BCUT2D eigenvalue weighted by Gasteiger charge is 2.26. The molecule has 0 radical (unpaired) electrons. The first-order chi connectivity index (χ1) is 9.65. The highest BCUT2D eigenvalue weighted by Crippen LogP contribution is 2.37. The predicted octanol–water partition coefficient (Wildman–Crippen LogP) is 3.06. The van der Waals surface area contributed by atoms with Crippen LogP contribution in [-0.2, 0) is 13.5 Å². The van der Waals surface area contributed by atoms with Crippen molar-refractivity contribution < 1.29 is 0 Å². The smallest absolute Gasteiger partial charge is 0.202 e. The van der Waals surface area contributed by atoms with Crippen LogP contribution in [0, 0.1) is 5.92 Å². The van der Waals surface area contributed by atoms with Crippen molar-refractivity contribution in [2.75, 3.05) is 5.73 Å². The van der Waals surface area contributed by atoms with Crippen molar-refractivity contribution >= 4 is 17.1 Å². The quantitative estimate of drug-likeness (QED) is 0.936. The summed E-state index contributed by atoms with van der Waals surface area (Å²) in [6.07, 6.45) is 7.22. The highest BCUT2D eigenvalue weighted by atomic mass is 15.4. The zero-order valence-corrected chi connectivity index (χ0v) is 12.8. The van der Waals surface area contributed by atoms with Crippen molar-refractivity contribution in [2.24, 2.45) is 13.0 Å². The Labute approximate surface area is 120 Å². The minimum Gasteiger partial charge on any atom is -0.369 e. The normalized spacial score (nSPS) is 23.6. The number of aryl methyl sites for hydroxylation is 2. The summed E-state index contributed by atoms with van der Waals surface area (Å²) >= 11 is 0. The third-order valence-electron chi connectivity index (χ3n) is 4.86. The molecule has 1 saturated carbocycles. The molecule has 0 spiro atoms. The SMILES string of the molecule is CCc1nn(C)c2c1nc(N)n2C1CCC(CC)CC1. The first-order valence-electron chi connectivity index (χ1n) is 7.84. The van der Waals surface area contributed by atoms with Gasteiger partial charge in [0, 0.05) is 13.1 Å². The Morgan fingerprint density at radius 2 is 1.90 bits per heavy atom. The van der Waals surface area contributed by atoms with Gasteiger partial charge in [0.05, 0.1) is 5.69 Å². The Morgan fingerprint density at radius 3 is 2.50 bits per heavy atom. The number of rotatable bonds is 3. The van der Waals surface area contributed by atoms with Crippen LogP contribution in [0.3, 0.4) is 0 Å². The zero-order valence-electron chi connectivity index (χ0n) is 12.8.